The first kappa shape index (κ1) is 13.5. The van der Waals surface area contributed by atoms with E-state index in [1.165, 1.54) is 0 Å². The van der Waals surface area contributed by atoms with Crippen LogP contribution in [0, 0.1) is 5.92 Å². The molecule has 1 aliphatic rings. The first-order valence-electron chi connectivity index (χ1n) is 6.28. The highest BCUT2D eigenvalue weighted by Gasteiger charge is 2.20. The number of aliphatic hydroxyl groups excluding tert-OH is 1. The van der Waals surface area contributed by atoms with Gasteiger partial charge in [0.2, 0.25) is 5.91 Å². The van der Waals surface area contributed by atoms with Crippen molar-refractivity contribution in [2.24, 2.45) is 5.92 Å². The Morgan fingerprint density at radius 2 is 2.25 bits per heavy atom. The van der Waals surface area contributed by atoms with Crippen molar-refractivity contribution >= 4 is 5.91 Å². The van der Waals surface area contributed by atoms with Crippen molar-refractivity contribution in [2.45, 2.75) is 51.7 Å². The van der Waals surface area contributed by atoms with Gasteiger partial charge in [0.25, 0.3) is 0 Å². The molecule has 0 aromatic heterocycles. The quantitative estimate of drug-likeness (QED) is 0.647. The Hall–Kier alpha value is -0.610. The van der Waals surface area contributed by atoms with Crippen LogP contribution in [-0.2, 0) is 4.79 Å². The Labute approximate surface area is 97.8 Å². The van der Waals surface area contributed by atoms with Gasteiger partial charge in [0.15, 0.2) is 0 Å². The third-order valence-electron chi connectivity index (χ3n) is 2.88. The summed E-state index contributed by atoms with van der Waals surface area (Å²) in [6.45, 7) is 5.46. The zero-order valence-corrected chi connectivity index (χ0v) is 10.3. The van der Waals surface area contributed by atoms with E-state index >= 15 is 0 Å². The standard InChI is InChI=1S/C12H24N2O2/c1-9(2)7-10(15)8-14-11-5-3-4-6-13-12(11)16/h9-11,14-15H,3-8H2,1-2H3,(H,13,16). The van der Waals surface area contributed by atoms with Gasteiger partial charge in [-0.05, 0) is 31.6 Å². The molecule has 0 radical (unpaired) electrons. The Morgan fingerprint density at radius 3 is 2.94 bits per heavy atom. The molecule has 0 aromatic rings. The van der Waals surface area contributed by atoms with Gasteiger partial charge in [-0.3, -0.25) is 4.79 Å². The summed E-state index contributed by atoms with van der Waals surface area (Å²) in [5.41, 5.74) is 0. The summed E-state index contributed by atoms with van der Waals surface area (Å²) in [6.07, 6.45) is 3.42. The van der Waals surface area contributed by atoms with Crippen molar-refractivity contribution in [2.75, 3.05) is 13.1 Å². The summed E-state index contributed by atoms with van der Waals surface area (Å²) >= 11 is 0. The van der Waals surface area contributed by atoms with Gasteiger partial charge in [0.05, 0.1) is 12.1 Å². The van der Waals surface area contributed by atoms with Crippen molar-refractivity contribution in [3.8, 4) is 0 Å². The average molecular weight is 228 g/mol. The lowest BCUT2D eigenvalue weighted by atomic mass is 10.1. The molecule has 1 rings (SSSR count). The van der Waals surface area contributed by atoms with Gasteiger partial charge in [-0.15, -0.1) is 0 Å². The van der Waals surface area contributed by atoms with Crippen LogP contribution in [0.3, 0.4) is 0 Å². The highest BCUT2D eigenvalue weighted by Crippen LogP contribution is 2.07. The van der Waals surface area contributed by atoms with Gasteiger partial charge in [-0.2, -0.15) is 0 Å². The molecule has 2 unspecified atom stereocenters. The van der Waals surface area contributed by atoms with Crippen molar-refractivity contribution in [3.05, 3.63) is 0 Å². The normalized spacial score (nSPS) is 24.0. The van der Waals surface area contributed by atoms with E-state index in [4.69, 9.17) is 0 Å². The SMILES string of the molecule is CC(C)CC(O)CNC1CCCCNC1=O. The third kappa shape index (κ3) is 4.94. The van der Waals surface area contributed by atoms with Crippen LogP contribution in [0.1, 0.15) is 39.5 Å². The molecule has 0 spiro atoms. The highest BCUT2D eigenvalue weighted by atomic mass is 16.3. The molecule has 1 fully saturated rings. The van der Waals surface area contributed by atoms with Crippen molar-refractivity contribution in [1.82, 2.24) is 10.6 Å². The van der Waals surface area contributed by atoms with Crippen LogP contribution >= 0.6 is 0 Å². The largest absolute Gasteiger partial charge is 0.392 e. The predicted octanol–water partition coefficient (Wildman–Crippen LogP) is 0.652. The van der Waals surface area contributed by atoms with Gasteiger partial charge in [0, 0.05) is 13.1 Å². The maximum Gasteiger partial charge on any atom is 0.237 e. The number of nitrogens with one attached hydrogen (secondary N) is 2. The van der Waals surface area contributed by atoms with Gasteiger partial charge in [-0.25, -0.2) is 0 Å². The van der Waals surface area contributed by atoms with E-state index in [9.17, 15) is 9.90 Å². The number of carbonyl (C=O) groups excluding carboxylic acids is 1. The van der Waals surface area contributed by atoms with Crippen molar-refractivity contribution < 1.29 is 9.90 Å². The number of hydrogen-bond donors (Lipinski definition) is 3. The first-order valence-corrected chi connectivity index (χ1v) is 6.28. The molecule has 0 saturated carbocycles. The van der Waals surface area contributed by atoms with Crippen LogP contribution in [0.4, 0.5) is 0 Å². The Morgan fingerprint density at radius 1 is 1.50 bits per heavy atom. The minimum atomic E-state index is -0.351. The van der Waals surface area contributed by atoms with Crippen molar-refractivity contribution in [3.63, 3.8) is 0 Å². The molecule has 2 atom stereocenters. The fourth-order valence-corrected chi connectivity index (χ4v) is 2.04. The summed E-state index contributed by atoms with van der Waals surface area (Å²) < 4.78 is 0. The Balaban J connectivity index is 2.26. The van der Waals surface area contributed by atoms with E-state index in [0.717, 1.165) is 32.2 Å². The van der Waals surface area contributed by atoms with Crippen LogP contribution in [0.2, 0.25) is 0 Å². The van der Waals surface area contributed by atoms with E-state index in [1.54, 1.807) is 0 Å². The molecule has 0 bridgehead atoms. The van der Waals surface area contributed by atoms with Crippen LogP contribution in [0.15, 0.2) is 0 Å². The summed E-state index contributed by atoms with van der Waals surface area (Å²) in [6, 6.07) is -0.121. The molecular weight excluding hydrogens is 204 g/mol. The fraction of sp³-hybridized carbons (Fsp3) is 0.917. The van der Waals surface area contributed by atoms with E-state index in [1.807, 2.05) is 0 Å². The second kappa shape index (κ2) is 6.86. The molecule has 3 N–H and O–H groups in total. The second-order valence-electron chi connectivity index (χ2n) is 5.03. The van der Waals surface area contributed by atoms with E-state index in [2.05, 4.69) is 24.5 Å². The molecule has 1 aliphatic heterocycles. The number of aliphatic hydroxyl groups is 1. The summed E-state index contributed by atoms with van der Waals surface area (Å²) in [5, 5.41) is 15.7. The summed E-state index contributed by atoms with van der Waals surface area (Å²) in [4.78, 5) is 11.6. The molecule has 1 heterocycles. The Kier molecular flexibility index (Phi) is 5.77. The number of carbonyl (C=O) groups is 1. The number of rotatable bonds is 5. The minimum absolute atomic E-state index is 0.0780. The van der Waals surface area contributed by atoms with E-state index in [0.29, 0.717) is 12.5 Å². The molecule has 0 aliphatic carbocycles. The van der Waals surface area contributed by atoms with Gasteiger partial charge < -0.3 is 15.7 Å². The van der Waals surface area contributed by atoms with E-state index < -0.39 is 0 Å². The van der Waals surface area contributed by atoms with Gasteiger partial charge >= 0.3 is 0 Å². The summed E-state index contributed by atoms with van der Waals surface area (Å²) in [5.74, 6) is 0.564. The molecule has 94 valence electrons. The number of amides is 1. The van der Waals surface area contributed by atoms with Gasteiger partial charge in [-0.1, -0.05) is 13.8 Å². The maximum atomic E-state index is 11.6. The maximum absolute atomic E-state index is 11.6. The van der Waals surface area contributed by atoms with E-state index in [-0.39, 0.29) is 18.1 Å². The lowest BCUT2D eigenvalue weighted by Crippen LogP contribution is -2.45. The predicted molar refractivity (Wildman–Crippen MR) is 64.1 cm³/mol. The molecule has 0 aromatic carbocycles. The molecule has 4 nitrogen and oxygen atoms in total. The first-order chi connectivity index (χ1) is 7.59. The van der Waals surface area contributed by atoms with Crippen LogP contribution in [0.5, 0.6) is 0 Å². The fourth-order valence-electron chi connectivity index (χ4n) is 2.04. The monoisotopic (exact) mass is 228 g/mol. The van der Waals surface area contributed by atoms with Crippen LogP contribution in [0.25, 0.3) is 0 Å². The van der Waals surface area contributed by atoms with Crippen LogP contribution in [-0.4, -0.2) is 36.2 Å². The average Bonchev–Trinajstić information content (AvgIpc) is 2.39. The van der Waals surface area contributed by atoms with Crippen molar-refractivity contribution in [1.29, 1.82) is 0 Å². The molecule has 1 saturated heterocycles. The smallest absolute Gasteiger partial charge is 0.237 e. The van der Waals surface area contributed by atoms with Gasteiger partial charge in [0.1, 0.15) is 0 Å². The highest BCUT2D eigenvalue weighted by molar-refractivity contribution is 5.81. The lowest BCUT2D eigenvalue weighted by molar-refractivity contribution is -0.122. The van der Waals surface area contributed by atoms with Crippen LogP contribution < -0.4 is 10.6 Å². The second-order valence-corrected chi connectivity index (χ2v) is 5.03. The zero-order valence-electron chi connectivity index (χ0n) is 10.3. The molecule has 16 heavy (non-hydrogen) atoms. The Bertz CT molecular complexity index is 219. The lowest BCUT2D eigenvalue weighted by Gasteiger charge is -2.19. The summed E-state index contributed by atoms with van der Waals surface area (Å²) in [7, 11) is 0. The third-order valence-corrected chi connectivity index (χ3v) is 2.88. The topological polar surface area (TPSA) is 61.4 Å². The molecular formula is C12H24N2O2. The molecule has 1 amide bonds. The zero-order chi connectivity index (χ0) is 12.0. The minimum Gasteiger partial charge on any atom is -0.392 e. The number of hydrogen-bond acceptors (Lipinski definition) is 3. The molecule has 4 heteroatoms.